The molecule has 0 saturated carbocycles. The van der Waals surface area contributed by atoms with Gasteiger partial charge in [0.1, 0.15) is 6.26 Å². The Kier molecular flexibility index (Phi) is 5.11. The van der Waals surface area contributed by atoms with Crippen molar-refractivity contribution in [1.82, 2.24) is 20.4 Å². The lowest BCUT2D eigenvalue weighted by atomic mass is 9.97. The van der Waals surface area contributed by atoms with E-state index in [9.17, 15) is 4.79 Å². The van der Waals surface area contributed by atoms with Crippen LogP contribution in [0.5, 0.6) is 0 Å². The number of piperidine rings is 1. The molecule has 3 heterocycles. The Morgan fingerprint density at radius 2 is 1.96 bits per heavy atom. The number of halogens is 1. The van der Waals surface area contributed by atoms with Crippen LogP contribution >= 0.6 is 11.6 Å². The minimum atomic E-state index is -0.0620. The summed E-state index contributed by atoms with van der Waals surface area (Å²) in [7, 11) is 0. The molecule has 2 amide bonds. The van der Waals surface area contributed by atoms with Crippen molar-refractivity contribution in [2.24, 2.45) is 0 Å². The Labute approximate surface area is 161 Å². The molecular formula is C19H19ClN4O3. The van der Waals surface area contributed by atoms with Gasteiger partial charge in [0.2, 0.25) is 5.89 Å². The Balaban J connectivity index is 1.28. The fraction of sp³-hybridized carbons (Fsp3) is 0.316. The number of hydrogen-bond acceptors (Lipinski definition) is 5. The summed E-state index contributed by atoms with van der Waals surface area (Å²) in [4.78, 5) is 14.2. The smallest absolute Gasteiger partial charge is 0.317 e. The van der Waals surface area contributed by atoms with Gasteiger partial charge in [0.25, 0.3) is 5.89 Å². The quantitative estimate of drug-likeness (QED) is 0.730. The van der Waals surface area contributed by atoms with Crippen LogP contribution in [0.3, 0.4) is 0 Å². The van der Waals surface area contributed by atoms with Crippen LogP contribution in [0.15, 0.2) is 51.7 Å². The van der Waals surface area contributed by atoms with Gasteiger partial charge in [-0.1, -0.05) is 23.7 Å². The number of rotatable bonds is 4. The molecule has 1 N–H and O–H groups in total. The molecule has 0 atom stereocenters. The third-order valence-electron chi connectivity index (χ3n) is 4.70. The van der Waals surface area contributed by atoms with Gasteiger partial charge in [-0.2, -0.15) is 0 Å². The first kappa shape index (κ1) is 17.6. The molecule has 2 aromatic heterocycles. The lowest BCUT2D eigenvalue weighted by Crippen LogP contribution is -2.43. The number of aromatic nitrogens is 2. The molecule has 0 spiro atoms. The monoisotopic (exact) mass is 386 g/mol. The molecule has 1 saturated heterocycles. The van der Waals surface area contributed by atoms with E-state index in [4.69, 9.17) is 20.4 Å². The van der Waals surface area contributed by atoms with Gasteiger partial charge in [-0.3, -0.25) is 0 Å². The number of nitrogens with zero attached hydrogens (tertiary/aromatic N) is 3. The number of amides is 2. The molecule has 1 aromatic carbocycles. The molecule has 1 fully saturated rings. The lowest BCUT2D eigenvalue weighted by molar-refractivity contribution is 0.177. The summed E-state index contributed by atoms with van der Waals surface area (Å²) >= 11 is 5.87. The maximum Gasteiger partial charge on any atom is 0.317 e. The molecule has 140 valence electrons. The van der Waals surface area contributed by atoms with Crippen LogP contribution in [0.4, 0.5) is 4.79 Å². The Morgan fingerprint density at radius 3 is 2.67 bits per heavy atom. The predicted octanol–water partition coefficient (Wildman–Crippen LogP) is 4.07. The number of carbonyl (C=O) groups is 1. The predicted molar refractivity (Wildman–Crippen MR) is 99.2 cm³/mol. The fourth-order valence-corrected chi connectivity index (χ4v) is 3.25. The molecule has 0 radical (unpaired) electrons. The van der Waals surface area contributed by atoms with E-state index in [-0.39, 0.29) is 11.9 Å². The maximum atomic E-state index is 12.4. The van der Waals surface area contributed by atoms with Crippen molar-refractivity contribution >= 4 is 17.6 Å². The topological polar surface area (TPSA) is 84.4 Å². The van der Waals surface area contributed by atoms with E-state index in [2.05, 4.69) is 15.5 Å². The van der Waals surface area contributed by atoms with Gasteiger partial charge in [-0.15, -0.1) is 10.2 Å². The highest BCUT2D eigenvalue weighted by Crippen LogP contribution is 2.29. The summed E-state index contributed by atoms with van der Waals surface area (Å²) in [6.45, 7) is 1.79. The largest absolute Gasteiger partial charge is 0.472 e. The van der Waals surface area contributed by atoms with Crippen LogP contribution < -0.4 is 5.32 Å². The van der Waals surface area contributed by atoms with E-state index in [1.165, 1.54) is 0 Å². The van der Waals surface area contributed by atoms with Crippen molar-refractivity contribution in [2.45, 2.75) is 25.3 Å². The standard InChI is InChI=1S/C19H19ClN4O3/c20-16-3-1-13(2-4-16)11-21-19(25)24-8-5-14(6-9-24)17-22-23-18(27-17)15-7-10-26-12-15/h1-4,7,10,12,14H,5-6,8-9,11H2,(H,21,25). The molecule has 0 aliphatic carbocycles. The summed E-state index contributed by atoms with van der Waals surface area (Å²) in [5.74, 6) is 1.24. The second kappa shape index (κ2) is 7.84. The van der Waals surface area contributed by atoms with Gasteiger partial charge in [-0.05, 0) is 36.6 Å². The van der Waals surface area contributed by atoms with Crippen LogP contribution in [0, 0.1) is 0 Å². The summed E-state index contributed by atoms with van der Waals surface area (Å²) in [5, 5.41) is 11.9. The first-order valence-corrected chi connectivity index (χ1v) is 9.20. The zero-order valence-corrected chi connectivity index (χ0v) is 15.4. The molecule has 27 heavy (non-hydrogen) atoms. The van der Waals surface area contributed by atoms with E-state index >= 15 is 0 Å². The summed E-state index contributed by atoms with van der Waals surface area (Å²) in [6.07, 6.45) is 4.73. The van der Waals surface area contributed by atoms with Crippen molar-refractivity contribution in [3.8, 4) is 11.5 Å². The Bertz CT molecular complexity index is 884. The number of likely N-dealkylation sites (tertiary alicyclic amines) is 1. The van der Waals surface area contributed by atoms with Crippen molar-refractivity contribution in [2.75, 3.05) is 13.1 Å². The van der Waals surface area contributed by atoms with Gasteiger partial charge in [0.15, 0.2) is 0 Å². The first-order chi connectivity index (χ1) is 13.2. The van der Waals surface area contributed by atoms with Gasteiger partial charge >= 0.3 is 6.03 Å². The average molecular weight is 387 g/mol. The third kappa shape index (κ3) is 4.14. The molecule has 4 rings (SSSR count). The van der Waals surface area contributed by atoms with E-state index in [0.29, 0.717) is 36.4 Å². The molecule has 7 nitrogen and oxygen atoms in total. The highest BCUT2D eigenvalue weighted by molar-refractivity contribution is 6.30. The highest BCUT2D eigenvalue weighted by Gasteiger charge is 2.27. The number of furan rings is 1. The number of nitrogens with one attached hydrogen (secondary N) is 1. The van der Waals surface area contributed by atoms with Gasteiger partial charge in [0.05, 0.1) is 11.8 Å². The Morgan fingerprint density at radius 1 is 1.19 bits per heavy atom. The summed E-state index contributed by atoms with van der Waals surface area (Å²) < 4.78 is 10.8. The van der Waals surface area contributed by atoms with Crippen LogP contribution in [0.2, 0.25) is 5.02 Å². The summed E-state index contributed by atoms with van der Waals surface area (Å²) in [6, 6.07) is 9.16. The van der Waals surface area contributed by atoms with E-state index in [0.717, 1.165) is 24.0 Å². The number of hydrogen-bond donors (Lipinski definition) is 1. The van der Waals surface area contributed by atoms with E-state index in [1.807, 2.05) is 29.2 Å². The first-order valence-electron chi connectivity index (χ1n) is 8.82. The summed E-state index contributed by atoms with van der Waals surface area (Å²) in [5.41, 5.74) is 1.79. The number of urea groups is 1. The number of carbonyl (C=O) groups excluding carboxylic acids is 1. The molecule has 0 bridgehead atoms. The maximum absolute atomic E-state index is 12.4. The minimum absolute atomic E-state index is 0.0620. The lowest BCUT2D eigenvalue weighted by Gasteiger charge is -2.30. The second-order valence-corrected chi connectivity index (χ2v) is 6.94. The SMILES string of the molecule is O=C(NCc1ccc(Cl)cc1)N1CCC(c2nnc(-c3ccoc3)o2)CC1. The minimum Gasteiger partial charge on any atom is -0.472 e. The van der Waals surface area contributed by atoms with Crippen LogP contribution in [-0.4, -0.2) is 34.2 Å². The van der Waals surface area contributed by atoms with Crippen molar-refractivity contribution < 1.29 is 13.6 Å². The zero-order valence-electron chi connectivity index (χ0n) is 14.6. The van der Waals surface area contributed by atoms with E-state index < -0.39 is 0 Å². The molecule has 8 heteroatoms. The van der Waals surface area contributed by atoms with Crippen molar-refractivity contribution in [3.05, 3.63) is 59.3 Å². The molecule has 0 unspecified atom stereocenters. The molecule has 1 aliphatic rings. The Hall–Kier alpha value is -2.80. The van der Waals surface area contributed by atoms with E-state index in [1.54, 1.807) is 18.6 Å². The highest BCUT2D eigenvalue weighted by atomic mass is 35.5. The molecular weight excluding hydrogens is 368 g/mol. The zero-order chi connectivity index (χ0) is 18.6. The molecule has 3 aromatic rings. The van der Waals surface area contributed by atoms with Crippen molar-refractivity contribution in [3.63, 3.8) is 0 Å². The van der Waals surface area contributed by atoms with Crippen LogP contribution in [0.1, 0.15) is 30.2 Å². The van der Waals surface area contributed by atoms with Gasteiger partial charge in [-0.25, -0.2) is 4.79 Å². The van der Waals surface area contributed by atoms with Crippen LogP contribution in [0.25, 0.3) is 11.5 Å². The second-order valence-electron chi connectivity index (χ2n) is 6.50. The third-order valence-corrected chi connectivity index (χ3v) is 4.95. The molecule has 1 aliphatic heterocycles. The van der Waals surface area contributed by atoms with Gasteiger partial charge in [0, 0.05) is 30.6 Å². The number of benzene rings is 1. The average Bonchev–Trinajstić information content (AvgIpc) is 3.39. The van der Waals surface area contributed by atoms with Crippen molar-refractivity contribution in [1.29, 1.82) is 0 Å². The normalized spacial score (nSPS) is 15.1. The van der Waals surface area contributed by atoms with Gasteiger partial charge < -0.3 is 19.1 Å². The van der Waals surface area contributed by atoms with Crippen LogP contribution in [-0.2, 0) is 6.54 Å². The fourth-order valence-electron chi connectivity index (χ4n) is 3.12.